The Balaban J connectivity index is 1.49. The molecular weight excluding hydrogens is 368 g/mol. The Morgan fingerprint density at radius 1 is 1.03 bits per heavy atom. The molecule has 6 heteroatoms. The van der Waals surface area contributed by atoms with Gasteiger partial charge in [-0.1, -0.05) is 18.2 Å². The molecule has 0 saturated carbocycles. The van der Waals surface area contributed by atoms with E-state index in [4.69, 9.17) is 13.9 Å². The van der Waals surface area contributed by atoms with E-state index in [2.05, 4.69) is 10.3 Å². The molecule has 0 radical (unpaired) electrons. The van der Waals surface area contributed by atoms with E-state index in [1.165, 1.54) is 0 Å². The third kappa shape index (κ3) is 4.21. The van der Waals surface area contributed by atoms with Crippen LogP contribution in [0, 0.1) is 6.92 Å². The van der Waals surface area contributed by atoms with Crippen LogP contribution in [0.3, 0.4) is 0 Å². The standard InChI is InChI=1S/C23H20N2O4/c1-15-7-12-21-20(13-15)25-23(29-21)18-5-3-4-6-19(18)24-22(26)14-28-17-10-8-16(27-2)9-11-17/h3-13H,14H2,1-2H3,(H,24,26). The van der Waals surface area contributed by atoms with Gasteiger partial charge < -0.3 is 19.2 Å². The molecule has 0 unspecified atom stereocenters. The van der Waals surface area contributed by atoms with Crippen molar-refractivity contribution in [2.24, 2.45) is 0 Å². The molecule has 0 atom stereocenters. The number of aryl methyl sites for hydroxylation is 1. The van der Waals surface area contributed by atoms with Gasteiger partial charge in [0, 0.05) is 0 Å². The Labute approximate surface area is 168 Å². The third-order valence-corrected chi connectivity index (χ3v) is 4.40. The van der Waals surface area contributed by atoms with Crippen LogP contribution in [0.5, 0.6) is 11.5 Å². The molecule has 1 amide bonds. The molecular formula is C23H20N2O4. The van der Waals surface area contributed by atoms with Crippen LogP contribution in [0.2, 0.25) is 0 Å². The number of methoxy groups -OCH3 is 1. The SMILES string of the molecule is COc1ccc(OCC(=O)Nc2ccccc2-c2nc3cc(C)ccc3o2)cc1. The van der Waals surface area contributed by atoms with Gasteiger partial charge in [0.15, 0.2) is 12.2 Å². The molecule has 0 aliphatic heterocycles. The zero-order valence-corrected chi connectivity index (χ0v) is 16.1. The number of carbonyl (C=O) groups is 1. The summed E-state index contributed by atoms with van der Waals surface area (Å²) in [7, 11) is 1.60. The van der Waals surface area contributed by atoms with E-state index in [9.17, 15) is 4.79 Å². The fraction of sp³-hybridized carbons (Fsp3) is 0.130. The average molecular weight is 388 g/mol. The summed E-state index contributed by atoms with van der Waals surface area (Å²) in [4.78, 5) is 17.0. The van der Waals surface area contributed by atoms with Crippen LogP contribution in [-0.2, 0) is 4.79 Å². The van der Waals surface area contributed by atoms with Gasteiger partial charge in [-0.25, -0.2) is 4.98 Å². The van der Waals surface area contributed by atoms with Gasteiger partial charge in [-0.15, -0.1) is 0 Å². The number of rotatable bonds is 6. The number of nitrogens with zero attached hydrogens (tertiary/aromatic N) is 1. The molecule has 0 aliphatic rings. The second-order valence-electron chi connectivity index (χ2n) is 6.55. The van der Waals surface area contributed by atoms with Crippen LogP contribution >= 0.6 is 0 Å². The number of amides is 1. The summed E-state index contributed by atoms with van der Waals surface area (Å²) in [5.41, 5.74) is 3.91. The smallest absolute Gasteiger partial charge is 0.262 e. The van der Waals surface area contributed by atoms with Crippen LogP contribution in [0.25, 0.3) is 22.6 Å². The third-order valence-electron chi connectivity index (χ3n) is 4.40. The van der Waals surface area contributed by atoms with Crippen LogP contribution in [0.1, 0.15) is 5.56 Å². The lowest BCUT2D eigenvalue weighted by molar-refractivity contribution is -0.118. The normalized spacial score (nSPS) is 10.7. The van der Waals surface area contributed by atoms with Crippen molar-refractivity contribution >= 4 is 22.7 Å². The molecule has 4 rings (SSSR count). The number of anilines is 1. The quantitative estimate of drug-likeness (QED) is 0.512. The average Bonchev–Trinajstić information content (AvgIpc) is 3.16. The van der Waals surface area contributed by atoms with Crippen molar-refractivity contribution < 1.29 is 18.7 Å². The van der Waals surface area contributed by atoms with Crippen LogP contribution in [-0.4, -0.2) is 24.6 Å². The van der Waals surface area contributed by atoms with Crippen molar-refractivity contribution in [1.82, 2.24) is 4.98 Å². The van der Waals surface area contributed by atoms with Gasteiger partial charge in [-0.2, -0.15) is 0 Å². The maximum atomic E-state index is 12.4. The Kier molecular flexibility index (Phi) is 5.16. The molecule has 0 bridgehead atoms. The first-order valence-electron chi connectivity index (χ1n) is 9.16. The van der Waals surface area contributed by atoms with Gasteiger partial charge in [0.2, 0.25) is 5.89 Å². The highest BCUT2D eigenvalue weighted by Crippen LogP contribution is 2.30. The topological polar surface area (TPSA) is 73.6 Å². The molecule has 0 spiro atoms. The van der Waals surface area contributed by atoms with Crippen molar-refractivity contribution in [3.05, 3.63) is 72.3 Å². The lowest BCUT2D eigenvalue weighted by Gasteiger charge is -2.10. The summed E-state index contributed by atoms with van der Waals surface area (Å²) in [5.74, 6) is 1.49. The van der Waals surface area contributed by atoms with E-state index in [0.29, 0.717) is 28.5 Å². The number of carbonyl (C=O) groups excluding carboxylic acids is 1. The highest BCUT2D eigenvalue weighted by Gasteiger charge is 2.14. The van der Waals surface area contributed by atoms with Crippen molar-refractivity contribution in [1.29, 1.82) is 0 Å². The molecule has 1 aromatic heterocycles. The largest absolute Gasteiger partial charge is 0.497 e. The zero-order chi connectivity index (χ0) is 20.2. The molecule has 1 heterocycles. The van der Waals surface area contributed by atoms with Gasteiger partial charge in [0.1, 0.15) is 17.0 Å². The van der Waals surface area contributed by atoms with Gasteiger partial charge in [-0.3, -0.25) is 4.79 Å². The first-order chi connectivity index (χ1) is 14.1. The lowest BCUT2D eigenvalue weighted by Crippen LogP contribution is -2.20. The number of para-hydroxylation sites is 1. The molecule has 4 aromatic rings. The summed E-state index contributed by atoms with van der Waals surface area (Å²) >= 11 is 0. The molecule has 146 valence electrons. The van der Waals surface area contributed by atoms with Gasteiger partial charge >= 0.3 is 0 Å². The highest BCUT2D eigenvalue weighted by atomic mass is 16.5. The minimum absolute atomic E-state index is 0.118. The fourth-order valence-electron chi connectivity index (χ4n) is 2.94. The van der Waals surface area contributed by atoms with Crippen LogP contribution in [0.15, 0.2) is 71.1 Å². The van der Waals surface area contributed by atoms with Crippen molar-refractivity contribution in [2.75, 3.05) is 19.0 Å². The van der Waals surface area contributed by atoms with E-state index in [-0.39, 0.29) is 12.5 Å². The molecule has 29 heavy (non-hydrogen) atoms. The summed E-state index contributed by atoms with van der Waals surface area (Å²) in [6, 6.07) is 20.3. The van der Waals surface area contributed by atoms with Crippen LogP contribution in [0.4, 0.5) is 5.69 Å². The minimum Gasteiger partial charge on any atom is -0.497 e. The maximum absolute atomic E-state index is 12.4. The number of hydrogen-bond donors (Lipinski definition) is 1. The highest BCUT2D eigenvalue weighted by molar-refractivity contribution is 5.96. The Morgan fingerprint density at radius 2 is 1.79 bits per heavy atom. The molecule has 3 aromatic carbocycles. The number of fused-ring (bicyclic) bond motifs is 1. The number of ether oxygens (including phenoxy) is 2. The first kappa shape index (κ1) is 18.6. The number of benzene rings is 3. The van der Waals surface area contributed by atoms with Crippen molar-refractivity contribution in [2.45, 2.75) is 6.92 Å². The number of hydrogen-bond acceptors (Lipinski definition) is 5. The molecule has 1 N–H and O–H groups in total. The predicted octanol–water partition coefficient (Wildman–Crippen LogP) is 4.83. The van der Waals surface area contributed by atoms with E-state index in [1.807, 2.05) is 43.3 Å². The Morgan fingerprint density at radius 3 is 2.59 bits per heavy atom. The van der Waals surface area contributed by atoms with Gasteiger partial charge in [0.25, 0.3) is 5.91 Å². The number of nitrogens with one attached hydrogen (secondary N) is 1. The second kappa shape index (κ2) is 8.06. The van der Waals surface area contributed by atoms with Gasteiger partial charge in [-0.05, 0) is 61.0 Å². The minimum atomic E-state index is -0.278. The van der Waals surface area contributed by atoms with E-state index in [1.54, 1.807) is 37.4 Å². The summed E-state index contributed by atoms with van der Waals surface area (Å²) in [6.45, 7) is 1.89. The first-order valence-corrected chi connectivity index (χ1v) is 9.16. The Hall–Kier alpha value is -3.80. The maximum Gasteiger partial charge on any atom is 0.262 e. The number of aromatic nitrogens is 1. The molecule has 0 saturated heterocycles. The van der Waals surface area contributed by atoms with Crippen molar-refractivity contribution in [3.63, 3.8) is 0 Å². The zero-order valence-electron chi connectivity index (χ0n) is 16.1. The molecule has 0 fully saturated rings. The monoisotopic (exact) mass is 388 g/mol. The summed E-state index contributed by atoms with van der Waals surface area (Å²) in [6.07, 6.45) is 0. The second-order valence-corrected chi connectivity index (χ2v) is 6.55. The molecule has 6 nitrogen and oxygen atoms in total. The summed E-state index contributed by atoms with van der Waals surface area (Å²) in [5, 5.41) is 2.87. The summed E-state index contributed by atoms with van der Waals surface area (Å²) < 4.78 is 16.5. The van der Waals surface area contributed by atoms with Crippen LogP contribution < -0.4 is 14.8 Å². The Bertz CT molecular complexity index is 1150. The number of oxazole rings is 1. The lowest BCUT2D eigenvalue weighted by atomic mass is 10.1. The molecule has 0 aliphatic carbocycles. The van der Waals surface area contributed by atoms with Gasteiger partial charge in [0.05, 0.1) is 18.4 Å². The van der Waals surface area contributed by atoms with E-state index < -0.39 is 0 Å². The fourth-order valence-corrected chi connectivity index (χ4v) is 2.94. The van der Waals surface area contributed by atoms with Crippen molar-refractivity contribution in [3.8, 4) is 23.0 Å². The van der Waals surface area contributed by atoms with E-state index in [0.717, 1.165) is 16.8 Å². The van der Waals surface area contributed by atoms with E-state index >= 15 is 0 Å². The predicted molar refractivity (Wildman–Crippen MR) is 111 cm³/mol.